The molecule has 2 aliphatic heterocycles. The van der Waals surface area contributed by atoms with Crippen molar-refractivity contribution in [2.45, 2.75) is 29.1 Å². The predicted octanol–water partition coefficient (Wildman–Crippen LogP) is 9.46. The summed E-state index contributed by atoms with van der Waals surface area (Å²) in [5.74, 6) is 0. The number of fused-ring (bicyclic) bond motifs is 4. The molecule has 0 bridgehead atoms. The van der Waals surface area contributed by atoms with Crippen molar-refractivity contribution >= 4 is 89.2 Å². The number of hydrogen-bond acceptors (Lipinski definition) is 6. The van der Waals surface area contributed by atoms with Crippen molar-refractivity contribution in [3.8, 4) is 0 Å². The molecule has 4 heterocycles. The fourth-order valence-corrected chi connectivity index (χ4v) is 11.5. The second-order valence-electron chi connectivity index (χ2n) is 11.5. The first kappa shape index (κ1) is 28.9. The van der Waals surface area contributed by atoms with E-state index in [0.29, 0.717) is 0 Å². The number of aryl methyl sites for hydroxylation is 2. The Morgan fingerprint density at radius 2 is 0.956 bits per heavy atom. The molecule has 0 unspecified atom stereocenters. The quantitative estimate of drug-likeness (QED) is 0.165. The van der Waals surface area contributed by atoms with Crippen LogP contribution in [0.15, 0.2) is 117 Å². The zero-order valence-corrected chi connectivity index (χ0v) is 29.0. The molecule has 0 spiro atoms. The molecule has 2 aliphatic rings. The van der Waals surface area contributed by atoms with Crippen LogP contribution < -0.4 is 18.9 Å². The molecule has 0 saturated heterocycles. The van der Waals surface area contributed by atoms with E-state index >= 15 is 0 Å². The maximum absolute atomic E-state index is 2.41. The SMILES string of the molecule is CN1/C(=C(\CCC/C(=C2/Sc3ccccc3N2C)c2sc3ccccc3[n+]2C)c2sc3ccccc3[n+]2C)Sc2ccccc21. The smallest absolute Gasteiger partial charge is 0.268 e. The standard InChI is InChI=1S/C37H34N4S4/c1-38-26-16-5-9-20-30(26)42-34(38)24(35-39(2)27-17-6-10-21-31(27)43-35)14-13-15-25(36-40(3)28-18-7-11-22-32(28)44-36)37-41(4)29-19-8-12-23-33(29)45-37/h5-12,16-23H,13-15H2,1-4H3/q+2. The molecule has 45 heavy (non-hydrogen) atoms. The van der Waals surface area contributed by atoms with Gasteiger partial charge >= 0.3 is 0 Å². The molecule has 0 N–H and O–H groups in total. The zero-order valence-electron chi connectivity index (χ0n) is 25.8. The summed E-state index contributed by atoms with van der Waals surface area (Å²) in [7, 11) is 8.92. The van der Waals surface area contributed by atoms with Crippen LogP contribution in [0.5, 0.6) is 0 Å². The number of rotatable bonds is 6. The molecule has 6 aromatic rings. The van der Waals surface area contributed by atoms with E-state index in [0.717, 1.165) is 19.3 Å². The maximum atomic E-state index is 2.41. The van der Waals surface area contributed by atoms with Crippen LogP contribution in [0, 0.1) is 0 Å². The molecule has 0 aliphatic carbocycles. The first-order valence-electron chi connectivity index (χ1n) is 15.2. The third kappa shape index (κ3) is 4.90. The van der Waals surface area contributed by atoms with Gasteiger partial charge in [-0.05, 0) is 55.7 Å². The number of thiazole rings is 2. The second-order valence-corrected chi connectivity index (χ2v) is 15.7. The van der Waals surface area contributed by atoms with Gasteiger partial charge in [-0.25, -0.2) is 0 Å². The summed E-state index contributed by atoms with van der Waals surface area (Å²) in [6, 6.07) is 35.2. The molecular formula is C37H34N4S4+2. The summed E-state index contributed by atoms with van der Waals surface area (Å²) >= 11 is 7.66. The molecule has 4 nitrogen and oxygen atoms in total. The number of aromatic nitrogens is 2. The van der Waals surface area contributed by atoms with Gasteiger partial charge in [0, 0.05) is 36.0 Å². The van der Waals surface area contributed by atoms with Crippen molar-refractivity contribution < 1.29 is 9.13 Å². The monoisotopic (exact) mass is 662 g/mol. The van der Waals surface area contributed by atoms with Gasteiger partial charge in [0.2, 0.25) is 11.0 Å². The summed E-state index contributed by atoms with van der Waals surface area (Å²) in [6.45, 7) is 0. The van der Waals surface area contributed by atoms with Crippen LogP contribution in [-0.4, -0.2) is 14.1 Å². The minimum absolute atomic E-state index is 0.994. The van der Waals surface area contributed by atoms with Gasteiger partial charge in [-0.2, -0.15) is 9.13 Å². The third-order valence-corrected chi connectivity index (χ3v) is 14.0. The summed E-state index contributed by atoms with van der Waals surface area (Å²) in [4.78, 5) is 7.47. The lowest BCUT2D eigenvalue weighted by atomic mass is 10.0. The number of thioether (sulfide) groups is 2. The van der Waals surface area contributed by atoms with Gasteiger partial charge in [0.1, 0.15) is 23.5 Å². The van der Waals surface area contributed by atoms with E-state index in [1.165, 1.54) is 72.8 Å². The largest absolute Gasteiger partial charge is 0.338 e. The first-order valence-corrected chi connectivity index (χ1v) is 18.5. The lowest BCUT2D eigenvalue weighted by Gasteiger charge is -2.18. The van der Waals surface area contributed by atoms with Gasteiger partial charge in [0.05, 0.1) is 32.6 Å². The third-order valence-electron chi connectivity index (χ3n) is 8.84. The van der Waals surface area contributed by atoms with E-state index in [2.05, 4.69) is 144 Å². The summed E-state index contributed by atoms with van der Waals surface area (Å²) in [5, 5.41) is 5.39. The Morgan fingerprint density at radius 3 is 1.38 bits per heavy atom. The topological polar surface area (TPSA) is 14.2 Å². The van der Waals surface area contributed by atoms with Gasteiger partial charge in [0.15, 0.2) is 0 Å². The predicted molar refractivity (Wildman–Crippen MR) is 195 cm³/mol. The average Bonchev–Trinajstić information content (AvgIpc) is 3.79. The Bertz CT molecular complexity index is 2020. The van der Waals surface area contributed by atoms with Crippen molar-refractivity contribution in [2.75, 3.05) is 23.9 Å². The van der Waals surface area contributed by atoms with E-state index in [-0.39, 0.29) is 0 Å². The Kier molecular flexibility index (Phi) is 7.49. The Hall–Kier alpha value is -3.56. The molecular weight excluding hydrogens is 629 g/mol. The molecule has 8 heteroatoms. The Labute approximate surface area is 280 Å². The summed E-state index contributed by atoms with van der Waals surface area (Å²) in [5.41, 5.74) is 8.04. The van der Waals surface area contributed by atoms with Gasteiger partial charge in [-0.15, -0.1) is 0 Å². The van der Waals surface area contributed by atoms with E-state index in [1.807, 2.05) is 46.2 Å². The van der Waals surface area contributed by atoms with E-state index in [9.17, 15) is 0 Å². The molecule has 0 fully saturated rings. The summed E-state index contributed by atoms with van der Waals surface area (Å²) in [6.07, 6.45) is 3.04. The molecule has 224 valence electrons. The molecule has 0 atom stereocenters. The highest BCUT2D eigenvalue weighted by Crippen LogP contribution is 2.51. The minimum atomic E-state index is 0.994. The number of para-hydroxylation sites is 4. The van der Waals surface area contributed by atoms with Gasteiger partial charge in [-0.3, -0.25) is 0 Å². The number of hydrogen-bond donors (Lipinski definition) is 0. The van der Waals surface area contributed by atoms with Crippen molar-refractivity contribution in [3.63, 3.8) is 0 Å². The maximum Gasteiger partial charge on any atom is 0.268 e. The van der Waals surface area contributed by atoms with Gasteiger partial charge < -0.3 is 9.80 Å². The number of benzene rings is 4. The molecule has 2 aromatic heterocycles. The summed E-state index contributed by atoms with van der Waals surface area (Å²) < 4.78 is 7.47. The van der Waals surface area contributed by atoms with Crippen LogP contribution in [0.4, 0.5) is 11.4 Å². The zero-order chi connectivity index (χ0) is 30.7. The number of nitrogens with zero attached hydrogens (tertiary/aromatic N) is 4. The number of allylic oxidation sites excluding steroid dienone is 2. The van der Waals surface area contributed by atoms with E-state index < -0.39 is 0 Å². The average molecular weight is 663 g/mol. The van der Waals surface area contributed by atoms with E-state index in [1.54, 1.807) is 0 Å². The van der Waals surface area contributed by atoms with Gasteiger partial charge in [0.25, 0.3) is 10.0 Å². The van der Waals surface area contributed by atoms with Gasteiger partial charge in [-0.1, -0.05) is 94.7 Å². The molecule has 8 rings (SSSR count). The first-order chi connectivity index (χ1) is 22.0. The van der Waals surface area contributed by atoms with Crippen molar-refractivity contribution in [1.82, 2.24) is 0 Å². The Balaban J connectivity index is 1.21. The highest BCUT2D eigenvalue weighted by atomic mass is 32.2. The van der Waals surface area contributed by atoms with Crippen molar-refractivity contribution in [2.24, 2.45) is 14.1 Å². The fraction of sp³-hybridized carbons (Fsp3) is 0.189. The van der Waals surface area contributed by atoms with Crippen LogP contribution in [0.2, 0.25) is 0 Å². The molecule has 0 saturated carbocycles. The van der Waals surface area contributed by atoms with E-state index in [4.69, 9.17) is 0 Å². The van der Waals surface area contributed by atoms with Crippen LogP contribution in [-0.2, 0) is 14.1 Å². The van der Waals surface area contributed by atoms with Crippen LogP contribution in [0.3, 0.4) is 0 Å². The second kappa shape index (κ2) is 11.7. The Morgan fingerprint density at radius 1 is 0.556 bits per heavy atom. The van der Waals surface area contributed by atoms with Crippen LogP contribution in [0.25, 0.3) is 31.6 Å². The minimum Gasteiger partial charge on any atom is -0.338 e. The number of anilines is 2. The molecule has 0 radical (unpaired) electrons. The van der Waals surface area contributed by atoms with Crippen molar-refractivity contribution in [3.05, 3.63) is 117 Å². The molecule has 0 amide bonds. The highest BCUT2D eigenvalue weighted by molar-refractivity contribution is 8.04. The normalized spacial score (nSPS) is 16.5. The lowest BCUT2D eigenvalue weighted by molar-refractivity contribution is -0.642. The van der Waals surface area contributed by atoms with Crippen LogP contribution in [0.1, 0.15) is 29.3 Å². The fourth-order valence-electron chi connectivity index (χ4n) is 6.52. The highest BCUT2D eigenvalue weighted by Gasteiger charge is 2.33. The molecule has 4 aromatic carbocycles. The van der Waals surface area contributed by atoms with Crippen LogP contribution >= 0.6 is 46.2 Å². The van der Waals surface area contributed by atoms with Crippen molar-refractivity contribution in [1.29, 1.82) is 0 Å². The lowest BCUT2D eigenvalue weighted by Crippen LogP contribution is -2.31.